The molecule has 0 aliphatic carbocycles. The van der Waals surface area contributed by atoms with Crippen LogP contribution in [0.3, 0.4) is 0 Å². The molecule has 3 rings (SSSR count). The first-order valence-corrected chi connectivity index (χ1v) is 6.66. The maximum Gasteiger partial charge on any atom is 0.252 e. The van der Waals surface area contributed by atoms with Gasteiger partial charge in [-0.15, -0.1) is 0 Å². The number of halogens is 1. The molecule has 102 valence electrons. The number of nitrogens with zero attached hydrogens (tertiary/aromatic N) is 3. The van der Waals surface area contributed by atoms with Crippen molar-refractivity contribution >= 4 is 22.6 Å². The highest BCUT2D eigenvalue weighted by Gasteiger charge is 2.15. The van der Waals surface area contributed by atoms with Crippen molar-refractivity contribution in [1.82, 2.24) is 14.3 Å². The standard InChI is InChI=1S/C15H14ClN3O/c1-9-14-12(10-4-6-11(16)7-5-10)8-13(20)18(2)15(14)19(3)17-9/h4-8H,1-3H3. The number of aromatic nitrogens is 3. The highest BCUT2D eigenvalue weighted by Crippen LogP contribution is 2.29. The normalized spacial score (nSPS) is 11.2. The van der Waals surface area contributed by atoms with Crippen LogP contribution in [-0.2, 0) is 14.1 Å². The predicted octanol–water partition coefficient (Wildman–Crippen LogP) is 2.90. The van der Waals surface area contributed by atoms with Gasteiger partial charge in [-0.25, -0.2) is 0 Å². The number of pyridine rings is 1. The molecule has 0 N–H and O–H groups in total. The van der Waals surface area contributed by atoms with Gasteiger partial charge in [0.05, 0.1) is 5.69 Å². The van der Waals surface area contributed by atoms with E-state index in [0.29, 0.717) is 5.02 Å². The minimum absolute atomic E-state index is 0.0505. The summed E-state index contributed by atoms with van der Waals surface area (Å²) in [7, 11) is 3.61. The summed E-state index contributed by atoms with van der Waals surface area (Å²) in [5.74, 6) is 0. The molecule has 0 unspecified atom stereocenters. The Labute approximate surface area is 121 Å². The van der Waals surface area contributed by atoms with Crippen LogP contribution < -0.4 is 5.56 Å². The Morgan fingerprint density at radius 3 is 2.45 bits per heavy atom. The lowest BCUT2D eigenvalue weighted by atomic mass is 10.0. The van der Waals surface area contributed by atoms with E-state index >= 15 is 0 Å². The Hall–Kier alpha value is -2.07. The van der Waals surface area contributed by atoms with E-state index in [1.165, 1.54) is 0 Å². The quantitative estimate of drug-likeness (QED) is 0.690. The molecule has 2 heterocycles. The Bertz CT molecular complexity index is 859. The first-order valence-electron chi connectivity index (χ1n) is 6.28. The number of fused-ring (bicyclic) bond motifs is 1. The van der Waals surface area contributed by atoms with Crippen molar-refractivity contribution in [1.29, 1.82) is 0 Å². The van der Waals surface area contributed by atoms with Crippen molar-refractivity contribution in [3.8, 4) is 11.1 Å². The molecule has 0 spiro atoms. The van der Waals surface area contributed by atoms with Crippen LogP contribution in [0, 0.1) is 6.92 Å². The second kappa shape index (κ2) is 4.49. The lowest BCUT2D eigenvalue weighted by molar-refractivity contribution is 0.739. The molecule has 0 aliphatic rings. The van der Waals surface area contributed by atoms with E-state index in [1.807, 2.05) is 38.2 Å². The third-order valence-electron chi connectivity index (χ3n) is 3.53. The Morgan fingerprint density at radius 1 is 1.15 bits per heavy atom. The van der Waals surface area contributed by atoms with Crippen LogP contribution in [0.5, 0.6) is 0 Å². The van der Waals surface area contributed by atoms with Crippen molar-refractivity contribution in [2.24, 2.45) is 14.1 Å². The van der Waals surface area contributed by atoms with Gasteiger partial charge in [-0.1, -0.05) is 23.7 Å². The molecule has 0 bridgehead atoms. The molecule has 4 nitrogen and oxygen atoms in total. The molecule has 0 saturated carbocycles. The summed E-state index contributed by atoms with van der Waals surface area (Å²) < 4.78 is 3.36. The van der Waals surface area contributed by atoms with E-state index in [-0.39, 0.29) is 5.56 Å². The Morgan fingerprint density at radius 2 is 1.80 bits per heavy atom. The first kappa shape index (κ1) is 12.9. The summed E-state index contributed by atoms with van der Waals surface area (Å²) >= 11 is 5.93. The molecular weight excluding hydrogens is 274 g/mol. The number of benzene rings is 1. The van der Waals surface area contributed by atoms with Gasteiger partial charge in [0.25, 0.3) is 5.56 Å². The summed E-state index contributed by atoms with van der Waals surface area (Å²) in [6.07, 6.45) is 0. The average molecular weight is 288 g/mol. The fourth-order valence-electron chi connectivity index (χ4n) is 2.60. The predicted molar refractivity (Wildman–Crippen MR) is 81.1 cm³/mol. The van der Waals surface area contributed by atoms with Gasteiger partial charge in [-0.3, -0.25) is 14.0 Å². The number of hydrogen-bond donors (Lipinski definition) is 0. The van der Waals surface area contributed by atoms with Gasteiger partial charge >= 0.3 is 0 Å². The smallest absolute Gasteiger partial charge is 0.252 e. The maximum absolute atomic E-state index is 12.2. The number of rotatable bonds is 1. The zero-order valence-corrected chi connectivity index (χ0v) is 12.3. The number of aryl methyl sites for hydroxylation is 3. The zero-order valence-electron chi connectivity index (χ0n) is 11.5. The highest BCUT2D eigenvalue weighted by atomic mass is 35.5. The third-order valence-corrected chi connectivity index (χ3v) is 3.78. The van der Waals surface area contributed by atoms with Crippen molar-refractivity contribution in [2.45, 2.75) is 6.92 Å². The molecule has 0 aliphatic heterocycles. The lowest BCUT2D eigenvalue weighted by Gasteiger charge is -2.08. The molecule has 1 aromatic carbocycles. The van der Waals surface area contributed by atoms with Gasteiger partial charge in [0.2, 0.25) is 0 Å². The molecule has 20 heavy (non-hydrogen) atoms. The lowest BCUT2D eigenvalue weighted by Crippen LogP contribution is -2.18. The molecule has 2 aromatic heterocycles. The van der Waals surface area contributed by atoms with Crippen LogP contribution in [-0.4, -0.2) is 14.3 Å². The van der Waals surface area contributed by atoms with Crippen LogP contribution in [0.4, 0.5) is 0 Å². The molecule has 3 aromatic rings. The van der Waals surface area contributed by atoms with Gasteiger partial charge in [0.1, 0.15) is 5.65 Å². The van der Waals surface area contributed by atoms with E-state index in [4.69, 9.17) is 11.6 Å². The van der Waals surface area contributed by atoms with Crippen LogP contribution >= 0.6 is 11.6 Å². The van der Waals surface area contributed by atoms with Gasteiger partial charge in [0, 0.05) is 30.6 Å². The van der Waals surface area contributed by atoms with E-state index in [0.717, 1.165) is 27.9 Å². The maximum atomic E-state index is 12.2. The van der Waals surface area contributed by atoms with Crippen molar-refractivity contribution < 1.29 is 0 Å². The van der Waals surface area contributed by atoms with Crippen molar-refractivity contribution in [3.05, 3.63) is 51.4 Å². The Balaban J connectivity index is 2.45. The average Bonchev–Trinajstić information content (AvgIpc) is 2.70. The van der Waals surface area contributed by atoms with E-state index in [1.54, 1.807) is 22.4 Å². The molecule has 0 radical (unpaired) electrons. The molecule has 0 atom stereocenters. The van der Waals surface area contributed by atoms with E-state index in [9.17, 15) is 4.79 Å². The minimum Gasteiger partial charge on any atom is -0.296 e. The summed E-state index contributed by atoms with van der Waals surface area (Å²) in [5.41, 5.74) is 3.53. The first-order chi connectivity index (χ1) is 9.49. The molecule has 0 amide bonds. The van der Waals surface area contributed by atoms with Crippen LogP contribution in [0.1, 0.15) is 5.69 Å². The third kappa shape index (κ3) is 1.84. The zero-order chi connectivity index (χ0) is 14.4. The van der Waals surface area contributed by atoms with Gasteiger partial charge in [-0.2, -0.15) is 5.10 Å². The number of hydrogen-bond acceptors (Lipinski definition) is 2. The fourth-order valence-corrected chi connectivity index (χ4v) is 2.73. The second-order valence-corrected chi connectivity index (χ2v) is 5.31. The SMILES string of the molecule is Cc1nn(C)c2c1c(-c1ccc(Cl)cc1)cc(=O)n2C. The molecular formula is C15H14ClN3O. The monoisotopic (exact) mass is 287 g/mol. The Kier molecular flexibility index (Phi) is 2.91. The second-order valence-electron chi connectivity index (χ2n) is 4.87. The van der Waals surface area contributed by atoms with Gasteiger partial charge in [0.15, 0.2) is 0 Å². The topological polar surface area (TPSA) is 39.8 Å². The summed E-state index contributed by atoms with van der Waals surface area (Å²) in [5, 5.41) is 6.10. The van der Waals surface area contributed by atoms with Crippen molar-refractivity contribution in [3.63, 3.8) is 0 Å². The fraction of sp³-hybridized carbons (Fsp3) is 0.200. The highest BCUT2D eigenvalue weighted by molar-refractivity contribution is 6.30. The molecule has 0 saturated heterocycles. The molecule has 0 fully saturated rings. The summed E-state index contributed by atoms with van der Waals surface area (Å²) in [4.78, 5) is 12.2. The van der Waals surface area contributed by atoms with Crippen LogP contribution in [0.25, 0.3) is 22.2 Å². The van der Waals surface area contributed by atoms with Gasteiger partial charge in [-0.05, 0) is 30.2 Å². The summed E-state index contributed by atoms with van der Waals surface area (Å²) in [6.45, 7) is 1.95. The van der Waals surface area contributed by atoms with E-state index in [2.05, 4.69) is 5.10 Å². The van der Waals surface area contributed by atoms with Crippen LogP contribution in [0.2, 0.25) is 5.02 Å². The van der Waals surface area contributed by atoms with E-state index < -0.39 is 0 Å². The largest absolute Gasteiger partial charge is 0.296 e. The minimum atomic E-state index is -0.0505. The van der Waals surface area contributed by atoms with Crippen molar-refractivity contribution in [2.75, 3.05) is 0 Å². The summed E-state index contributed by atoms with van der Waals surface area (Å²) in [6, 6.07) is 9.14. The van der Waals surface area contributed by atoms with Crippen LogP contribution in [0.15, 0.2) is 35.1 Å². The van der Waals surface area contributed by atoms with Gasteiger partial charge < -0.3 is 0 Å². The molecule has 5 heteroatoms.